The largest absolute Gasteiger partial charge is 0.493 e. The normalized spacial score (nSPS) is 10.4. The highest BCUT2D eigenvalue weighted by Gasteiger charge is 2.14. The molecule has 1 N–H and O–H groups in total. The second-order valence-corrected chi connectivity index (χ2v) is 6.39. The van der Waals surface area contributed by atoms with Crippen LogP contribution in [-0.4, -0.2) is 19.6 Å². The first-order valence-electron chi connectivity index (χ1n) is 9.57. The van der Waals surface area contributed by atoms with Crippen LogP contribution in [0.5, 0.6) is 23.0 Å². The maximum atomic E-state index is 12.8. The van der Waals surface area contributed by atoms with Gasteiger partial charge in [-0.3, -0.25) is 4.79 Å². The van der Waals surface area contributed by atoms with Crippen molar-refractivity contribution in [1.29, 1.82) is 10.5 Å². The van der Waals surface area contributed by atoms with Gasteiger partial charge < -0.3 is 19.5 Å². The first-order valence-corrected chi connectivity index (χ1v) is 9.57. The van der Waals surface area contributed by atoms with Gasteiger partial charge in [-0.2, -0.15) is 10.5 Å². The van der Waals surface area contributed by atoms with Crippen LogP contribution in [0.3, 0.4) is 0 Å². The van der Waals surface area contributed by atoms with Gasteiger partial charge >= 0.3 is 0 Å². The van der Waals surface area contributed by atoms with Crippen LogP contribution in [0, 0.1) is 22.7 Å². The number of rotatable bonds is 8. The summed E-state index contributed by atoms with van der Waals surface area (Å²) in [6, 6.07) is 24.8. The lowest BCUT2D eigenvalue weighted by Gasteiger charge is -2.12. The van der Waals surface area contributed by atoms with E-state index in [1.807, 2.05) is 30.3 Å². The maximum Gasteiger partial charge on any atom is 0.266 e. The number of anilines is 1. The Kier molecular flexibility index (Phi) is 7.45. The summed E-state index contributed by atoms with van der Waals surface area (Å²) in [7, 11) is 1.46. The third-order valence-electron chi connectivity index (χ3n) is 4.26. The van der Waals surface area contributed by atoms with E-state index < -0.39 is 5.91 Å². The van der Waals surface area contributed by atoms with Gasteiger partial charge in [0, 0.05) is 0 Å². The van der Waals surface area contributed by atoms with Crippen molar-refractivity contribution in [3.8, 4) is 35.1 Å². The minimum Gasteiger partial charge on any atom is -0.493 e. The van der Waals surface area contributed by atoms with Crippen molar-refractivity contribution in [2.24, 2.45) is 0 Å². The third-order valence-corrected chi connectivity index (χ3v) is 4.26. The minimum absolute atomic E-state index is 0.104. The molecule has 0 bridgehead atoms. The average Bonchev–Trinajstić information content (AvgIpc) is 2.83. The Hall–Kier alpha value is -4.75. The molecule has 158 valence electrons. The maximum absolute atomic E-state index is 12.8. The molecule has 1 amide bonds. The standard InChI is InChI=1S/C25H19N3O4/c1-30-24-16-18(11-12-23(24)31-14-13-26)15-19(17-27)25(29)28-21-9-5-6-10-22(21)32-20-7-3-2-4-8-20/h2-12,15-16H,14H2,1H3,(H,28,29)/b19-15+. The third kappa shape index (κ3) is 5.65. The molecular formula is C25H19N3O4. The molecule has 0 aromatic heterocycles. The summed E-state index contributed by atoms with van der Waals surface area (Å²) in [6.45, 7) is -0.123. The van der Waals surface area contributed by atoms with Gasteiger partial charge in [0.05, 0.1) is 12.8 Å². The van der Waals surface area contributed by atoms with Gasteiger partial charge in [-0.05, 0) is 48.0 Å². The van der Waals surface area contributed by atoms with Gasteiger partial charge in [-0.25, -0.2) is 0 Å². The number of amides is 1. The summed E-state index contributed by atoms with van der Waals surface area (Å²) in [5.41, 5.74) is 0.888. The van der Waals surface area contributed by atoms with E-state index in [1.54, 1.807) is 54.6 Å². The monoisotopic (exact) mass is 425 g/mol. The van der Waals surface area contributed by atoms with Crippen molar-refractivity contribution in [1.82, 2.24) is 0 Å². The summed E-state index contributed by atoms with van der Waals surface area (Å²) < 4.78 is 16.4. The molecule has 32 heavy (non-hydrogen) atoms. The topological polar surface area (TPSA) is 104 Å². The first kappa shape index (κ1) is 21.9. The molecule has 7 heteroatoms. The number of hydrogen-bond donors (Lipinski definition) is 1. The van der Waals surface area contributed by atoms with E-state index in [9.17, 15) is 10.1 Å². The molecule has 0 saturated heterocycles. The van der Waals surface area contributed by atoms with Crippen LogP contribution in [-0.2, 0) is 4.79 Å². The van der Waals surface area contributed by atoms with Crippen molar-refractivity contribution >= 4 is 17.7 Å². The molecule has 0 unspecified atom stereocenters. The fourth-order valence-corrected chi connectivity index (χ4v) is 2.78. The van der Waals surface area contributed by atoms with Gasteiger partial charge in [0.15, 0.2) is 23.9 Å². The fourth-order valence-electron chi connectivity index (χ4n) is 2.78. The van der Waals surface area contributed by atoms with Gasteiger partial charge in [0.25, 0.3) is 5.91 Å². The number of hydrogen-bond acceptors (Lipinski definition) is 6. The van der Waals surface area contributed by atoms with Gasteiger partial charge in [0.1, 0.15) is 23.5 Å². The molecule has 0 aliphatic heterocycles. The van der Waals surface area contributed by atoms with Crippen LogP contribution in [0.25, 0.3) is 6.08 Å². The van der Waals surface area contributed by atoms with Gasteiger partial charge in [-0.1, -0.05) is 36.4 Å². The number of carbonyl (C=O) groups is 1. The molecule has 3 aromatic rings. The number of nitrogens with one attached hydrogen (secondary N) is 1. The van der Waals surface area contributed by atoms with E-state index >= 15 is 0 Å². The molecule has 0 spiro atoms. The van der Waals surface area contributed by atoms with Crippen LogP contribution >= 0.6 is 0 Å². The lowest BCUT2D eigenvalue weighted by Crippen LogP contribution is -2.14. The quantitative estimate of drug-likeness (QED) is 0.405. The Morgan fingerprint density at radius 2 is 1.72 bits per heavy atom. The van der Waals surface area contributed by atoms with Gasteiger partial charge in [-0.15, -0.1) is 0 Å². The molecular weight excluding hydrogens is 406 g/mol. The molecule has 7 nitrogen and oxygen atoms in total. The first-order chi connectivity index (χ1) is 15.6. The molecule has 0 heterocycles. The van der Waals surface area contributed by atoms with Crippen LogP contribution in [0.15, 0.2) is 78.4 Å². The second-order valence-electron chi connectivity index (χ2n) is 6.39. The molecule has 0 aliphatic carbocycles. The fraction of sp³-hybridized carbons (Fsp3) is 0.0800. The highest BCUT2D eigenvalue weighted by Crippen LogP contribution is 2.31. The highest BCUT2D eigenvalue weighted by atomic mass is 16.5. The molecule has 0 saturated carbocycles. The Morgan fingerprint density at radius 1 is 0.969 bits per heavy atom. The van der Waals surface area contributed by atoms with Crippen LogP contribution in [0.1, 0.15) is 5.56 Å². The Labute approximate surface area is 185 Å². The molecule has 0 aliphatic rings. The van der Waals surface area contributed by atoms with E-state index in [2.05, 4.69) is 5.32 Å². The zero-order chi connectivity index (χ0) is 22.8. The summed E-state index contributed by atoms with van der Waals surface area (Å²) in [5.74, 6) is 1.26. The van der Waals surface area contributed by atoms with E-state index in [-0.39, 0.29) is 12.2 Å². The molecule has 0 radical (unpaired) electrons. The van der Waals surface area contributed by atoms with E-state index in [0.29, 0.717) is 34.2 Å². The lowest BCUT2D eigenvalue weighted by molar-refractivity contribution is -0.112. The smallest absolute Gasteiger partial charge is 0.266 e. The number of carbonyl (C=O) groups excluding carboxylic acids is 1. The molecule has 0 fully saturated rings. The lowest BCUT2D eigenvalue weighted by atomic mass is 10.1. The van der Waals surface area contributed by atoms with Crippen molar-refractivity contribution < 1.29 is 19.0 Å². The predicted octanol–water partition coefficient (Wildman–Crippen LogP) is 4.94. The van der Waals surface area contributed by atoms with Crippen molar-refractivity contribution in [3.63, 3.8) is 0 Å². The summed E-state index contributed by atoms with van der Waals surface area (Å²) in [6.07, 6.45) is 1.44. The Morgan fingerprint density at radius 3 is 2.44 bits per heavy atom. The SMILES string of the molecule is COc1cc(/C=C(\C#N)C(=O)Nc2ccccc2Oc2ccccc2)ccc1OCC#N. The molecule has 3 aromatic carbocycles. The molecule has 0 atom stereocenters. The summed E-state index contributed by atoms with van der Waals surface area (Å²) in [5, 5.41) is 20.9. The average molecular weight is 425 g/mol. The number of ether oxygens (including phenoxy) is 3. The van der Waals surface area contributed by atoms with Crippen LogP contribution in [0.4, 0.5) is 5.69 Å². The zero-order valence-corrected chi connectivity index (χ0v) is 17.2. The number of nitriles is 2. The number of benzene rings is 3. The summed E-state index contributed by atoms with van der Waals surface area (Å²) >= 11 is 0. The van der Waals surface area contributed by atoms with E-state index in [4.69, 9.17) is 19.5 Å². The van der Waals surface area contributed by atoms with Gasteiger partial charge in [0.2, 0.25) is 0 Å². The highest BCUT2D eigenvalue weighted by molar-refractivity contribution is 6.10. The Bertz CT molecular complexity index is 1210. The molecule has 3 rings (SSSR count). The minimum atomic E-state index is -0.583. The van der Waals surface area contributed by atoms with E-state index in [1.165, 1.54) is 13.2 Å². The van der Waals surface area contributed by atoms with Crippen LogP contribution < -0.4 is 19.5 Å². The summed E-state index contributed by atoms with van der Waals surface area (Å²) in [4.78, 5) is 12.8. The number of methoxy groups -OCH3 is 1. The van der Waals surface area contributed by atoms with Crippen molar-refractivity contribution in [2.45, 2.75) is 0 Å². The number of nitrogens with zero attached hydrogens (tertiary/aromatic N) is 2. The second kappa shape index (κ2) is 10.9. The Balaban J connectivity index is 1.81. The van der Waals surface area contributed by atoms with Crippen molar-refractivity contribution in [2.75, 3.05) is 19.0 Å². The number of para-hydroxylation sites is 3. The van der Waals surface area contributed by atoms with E-state index in [0.717, 1.165) is 0 Å². The zero-order valence-electron chi connectivity index (χ0n) is 17.2. The predicted molar refractivity (Wildman–Crippen MR) is 119 cm³/mol. The van der Waals surface area contributed by atoms with Crippen molar-refractivity contribution in [3.05, 3.63) is 83.9 Å². The van der Waals surface area contributed by atoms with Crippen LogP contribution in [0.2, 0.25) is 0 Å².